The summed E-state index contributed by atoms with van der Waals surface area (Å²) in [6, 6.07) is 7.44. The Labute approximate surface area is 223 Å². The summed E-state index contributed by atoms with van der Waals surface area (Å²) in [5.74, 6) is 0.326. The maximum Gasteiger partial charge on any atom is 0.335 e. The molecule has 0 unspecified atom stereocenters. The predicted molar refractivity (Wildman–Crippen MR) is 146 cm³/mol. The molecule has 1 aromatic carbocycles. The molecule has 0 spiro atoms. The molecule has 6 rings (SSSR count). The molecule has 3 aromatic heterocycles. The monoisotopic (exact) mass is 535 g/mol. The number of ether oxygens (including phenoxy) is 2. The van der Waals surface area contributed by atoms with Gasteiger partial charge in [0.05, 0.1) is 34.7 Å². The third-order valence-corrected chi connectivity index (χ3v) is 7.73. The molecule has 5 heterocycles. The number of carbonyl (C=O) groups is 1. The van der Waals surface area contributed by atoms with Gasteiger partial charge in [-0.15, -0.1) is 11.3 Å². The standard InChI is InChI=1S/C26H29N7O4S/c1-31-23-13-17(37-15-18-3-2-12-36-18)4-5-22(23)33(26(31)35)25-30-20(16-38-25)24(34)29-19-14-28-7-6-21(19)32-10-8-27-9-11-32/h4-7,13-14,16,18,27H,2-3,8-12,15H2,1H3,(H,29,34)/t18-/m1/s1. The highest BCUT2D eigenvalue weighted by Crippen LogP contribution is 2.27. The highest BCUT2D eigenvalue weighted by molar-refractivity contribution is 7.12. The highest BCUT2D eigenvalue weighted by Gasteiger charge is 2.21. The van der Waals surface area contributed by atoms with E-state index < -0.39 is 0 Å². The van der Waals surface area contributed by atoms with E-state index in [0.717, 1.165) is 56.8 Å². The number of aromatic nitrogens is 4. The van der Waals surface area contributed by atoms with Gasteiger partial charge in [0.15, 0.2) is 5.13 Å². The Morgan fingerprint density at radius 1 is 1.26 bits per heavy atom. The summed E-state index contributed by atoms with van der Waals surface area (Å²) in [5, 5.41) is 8.37. The van der Waals surface area contributed by atoms with Crippen molar-refractivity contribution in [1.82, 2.24) is 24.4 Å². The quantitative estimate of drug-likeness (QED) is 0.371. The van der Waals surface area contributed by atoms with Crippen molar-refractivity contribution in [3.8, 4) is 10.9 Å². The van der Waals surface area contributed by atoms with Crippen molar-refractivity contribution >= 4 is 39.7 Å². The third kappa shape index (κ3) is 4.77. The van der Waals surface area contributed by atoms with Crippen LogP contribution < -0.4 is 26.0 Å². The number of nitrogens with zero attached hydrogens (tertiary/aromatic N) is 5. The summed E-state index contributed by atoms with van der Waals surface area (Å²) in [6.45, 7) is 4.72. The largest absolute Gasteiger partial charge is 0.491 e. The maximum absolute atomic E-state index is 13.2. The molecular formula is C26H29N7O4S. The van der Waals surface area contributed by atoms with Gasteiger partial charge >= 0.3 is 5.69 Å². The molecule has 11 nitrogen and oxygen atoms in total. The zero-order valence-electron chi connectivity index (χ0n) is 21.1. The van der Waals surface area contributed by atoms with Crippen molar-refractivity contribution in [2.75, 3.05) is 49.6 Å². The minimum atomic E-state index is -0.352. The van der Waals surface area contributed by atoms with Crippen LogP contribution in [0.1, 0.15) is 23.3 Å². The molecule has 38 heavy (non-hydrogen) atoms. The van der Waals surface area contributed by atoms with Crippen LogP contribution in [-0.4, -0.2) is 70.5 Å². The van der Waals surface area contributed by atoms with Crippen LogP contribution in [0.15, 0.2) is 46.8 Å². The fourth-order valence-corrected chi connectivity index (χ4v) is 5.69. The Balaban J connectivity index is 1.23. The zero-order chi connectivity index (χ0) is 26.1. The molecule has 0 aliphatic carbocycles. The Hall–Kier alpha value is -3.74. The number of pyridine rings is 1. The first-order valence-electron chi connectivity index (χ1n) is 12.7. The summed E-state index contributed by atoms with van der Waals surface area (Å²) in [7, 11) is 1.71. The van der Waals surface area contributed by atoms with Crippen LogP contribution in [0.5, 0.6) is 5.75 Å². The second-order valence-electron chi connectivity index (χ2n) is 9.37. The van der Waals surface area contributed by atoms with Gasteiger partial charge < -0.3 is 25.0 Å². The molecule has 2 N–H and O–H groups in total. The lowest BCUT2D eigenvalue weighted by atomic mass is 10.2. The van der Waals surface area contributed by atoms with Crippen LogP contribution in [0.2, 0.25) is 0 Å². The summed E-state index contributed by atoms with van der Waals surface area (Å²) in [4.78, 5) is 37.2. The van der Waals surface area contributed by atoms with E-state index in [2.05, 4.69) is 25.5 Å². The van der Waals surface area contributed by atoms with Gasteiger partial charge in [-0.05, 0) is 31.0 Å². The summed E-state index contributed by atoms with van der Waals surface area (Å²) in [6.07, 6.45) is 5.53. The molecule has 4 aromatic rings. The lowest BCUT2D eigenvalue weighted by Crippen LogP contribution is -2.43. The molecule has 198 valence electrons. The van der Waals surface area contributed by atoms with Crippen molar-refractivity contribution in [2.24, 2.45) is 7.05 Å². The van der Waals surface area contributed by atoms with E-state index in [1.807, 2.05) is 24.3 Å². The van der Waals surface area contributed by atoms with Crippen molar-refractivity contribution in [1.29, 1.82) is 0 Å². The number of piperazine rings is 1. The summed E-state index contributed by atoms with van der Waals surface area (Å²) < 4.78 is 14.6. The number of carbonyl (C=O) groups excluding carboxylic acids is 1. The van der Waals surface area contributed by atoms with E-state index >= 15 is 0 Å². The maximum atomic E-state index is 13.2. The number of aryl methyl sites for hydroxylation is 1. The number of fused-ring (bicyclic) bond motifs is 1. The van der Waals surface area contributed by atoms with Gasteiger partial charge in [-0.1, -0.05) is 0 Å². The smallest absolute Gasteiger partial charge is 0.335 e. The van der Waals surface area contributed by atoms with Gasteiger partial charge in [0.2, 0.25) is 0 Å². The summed E-state index contributed by atoms with van der Waals surface area (Å²) in [5.41, 5.74) is 2.96. The Kier molecular flexibility index (Phi) is 6.83. The van der Waals surface area contributed by atoms with E-state index in [9.17, 15) is 9.59 Å². The number of imidazole rings is 1. The number of nitrogens with one attached hydrogen (secondary N) is 2. The Morgan fingerprint density at radius 2 is 2.13 bits per heavy atom. The zero-order valence-corrected chi connectivity index (χ0v) is 21.9. The number of thiazole rings is 1. The van der Waals surface area contributed by atoms with Crippen LogP contribution in [0.25, 0.3) is 16.2 Å². The number of anilines is 2. The number of amides is 1. The van der Waals surface area contributed by atoms with E-state index in [4.69, 9.17) is 9.47 Å². The third-order valence-electron chi connectivity index (χ3n) is 6.91. The number of benzene rings is 1. The molecule has 2 fully saturated rings. The van der Waals surface area contributed by atoms with Crippen molar-refractivity contribution in [2.45, 2.75) is 18.9 Å². The van der Waals surface area contributed by atoms with Gasteiger partial charge in [0.1, 0.15) is 18.1 Å². The average molecular weight is 536 g/mol. The fraction of sp³-hybridized carbons (Fsp3) is 0.385. The topological polar surface area (TPSA) is 116 Å². The van der Waals surface area contributed by atoms with E-state index in [1.165, 1.54) is 15.9 Å². The average Bonchev–Trinajstić information content (AvgIpc) is 3.70. The molecule has 1 atom stereocenters. The SMILES string of the molecule is Cn1c(=O)n(-c2nc(C(=O)Nc3cnccc3N3CCNCC3)cs2)c2ccc(OC[C@H]3CCCO3)cc21. The molecule has 2 aliphatic rings. The first kappa shape index (κ1) is 24.6. The van der Waals surface area contributed by atoms with Crippen LogP contribution in [0.4, 0.5) is 11.4 Å². The molecule has 12 heteroatoms. The number of hydrogen-bond acceptors (Lipinski definition) is 9. The van der Waals surface area contributed by atoms with Crippen LogP contribution in [0.3, 0.4) is 0 Å². The minimum Gasteiger partial charge on any atom is -0.491 e. The van der Waals surface area contributed by atoms with Gasteiger partial charge in [-0.3, -0.25) is 14.3 Å². The predicted octanol–water partition coefficient (Wildman–Crippen LogP) is 2.40. The molecular weight excluding hydrogens is 506 g/mol. The van der Waals surface area contributed by atoms with Crippen LogP contribution >= 0.6 is 11.3 Å². The van der Waals surface area contributed by atoms with Gasteiger partial charge in [0.25, 0.3) is 5.91 Å². The summed E-state index contributed by atoms with van der Waals surface area (Å²) >= 11 is 1.24. The Morgan fingerprint density at radius 3 is 2.95 bits per heavy atom. The lowest BCUT2D eigenvalue weighted by molar-refractivity contribution is 0.0680. The molecule has 0 saturated carbocycles. The van der Waals surface area contributed by atoms with Crippen molar-refractivity contribution in [3.63, 3.8) is 0 Å². The van der Waals surface area contributed by atoms with Crippen LogP contribution in [-0.2, 0) is 11.8 Å². The van der Waals surface area contributed by atoms with Gasteiger partial charge in [-0.2, -0.15) is 0 Å². The molecule has 1 amide bonds. The lowest BCUT2D eigenvalue weighted by Gasteiger charge is -2.30. The Bertz CT molecular complexity index is 1520. The fourth-order valence-electron chi connectivity index (χ4n) is 4.88. The molecule has 0 bridgehead atoms. The first-order chi connectivity index (χ1) is 18.6. The highest BCUT2D eigenvalue weighted by atomic mass is 32.1. The normalized spacial score (nSPS) is 17.7. The molecule has 0 radical (unpaired) electrons. The van der Waals surface area contributed by atoms with Gasteiger partial charge in [0, 0.05) is 57.5 Å². The first-order valence-corrected chi connectivity index (χ1v) is 13.6. The van der Waals surface area contributed by atoms with E-state index in [0.29, 0.717) is 28.7 Å². The van der Waals surface area contributed by atoms with Crippen molar-refractivity contribution in [3.05, 3.63) is 58.2 Å². The van der Waals surface area contributed by atoms with Crippen molar-refractivity contribution < 1.29 is 14.3 Å². The molecule has 2 saturated heterocycles. The van der Waals surface area contributed by atoms with Crippen LogP contribution in [0, 0.1) is 0 Å². The number of rotatable bonds is 7. The van der Waals surface area contributed by atoms with Gasteiger partial charge in [-0.25, -0.2) is 14.3 Å². The van der Waals surface area contributed by atoms with E-state index in [-0.39, 0.29) is 23.4 Å². The minimum absolute atomic E-state index is 0.110. The second kappa shape index (κ2) is 10.6. The second-order valence-corrected chi connectivity index (χ2v) is 10.2. The molecule has 2 aliphatic heterocycles. The van der Waals surface area contributed by atoms with E-state index in [1.54, 1.807) is 29.4 Å². The number of hydrogen-bond donors (Lipinski definition) is 2.